The van der Waals surface area contributed by atoms with Gasteiger partial charge in [0.25, 0.3) is 44.5 Å². The van der Waals surface area contributed by atoms with E-state index in [1.807, 2.05) is 26.0 Å². The lowest BCUT2D eigenvalue weighted by molar-refractivity contribution is 0.856. The Morgan fingerprint density at radius 2 is 0.583 bits per heavy atom. The molecule has 0 spiro atoms. The van der Waals surface area contributed by atoms with E-state index in [2.05, 4.69) is 32.9 Å². The van der Waals surface area contributed by atoms with Crippen molar-refractivity contribution >= 4 is 43.1 Å². The molecule has 0 aliphatic carbocycles. The Morgan fingerprint density at radius 3 is 0.917 bits per heavy atom. The zero-order valence-electron chi connectivity index (χ0n) is 34.5. The van der Waals surface area contributed by atoms with Crippen molar-refractivity contribution in [2.75, 3.05) is 0 Å². The van der Waals surface area contributed by atoms with Crippen LogP contribution in [-0.2, 0) is 13.5 Å². The summed E-state index contributed by atoms with van der Waals surface area (Å²) in [6, 6.07) is 15.0. The summed E-state index contributed by atoms with van der Waals surface area (Å²) in [5.74, 6) is 0. The number of aryl methyl sites for hydroxylation is 6. The van der Waals surface area contributed by atoms with Crippen molar-refractivity contribution in [2.45, 2.75) is 61.8 Å². The average Bonchev–Trinajstić information content (AvgIpc) is 3.76. The largest absolute Gasteiger partial charge is 0.277 e. The zero-order valence-corrected chi connectivity index (χ0v) is 34.5. The van der Waals surface area contributed by atoms with Gasteiger partial charge < -0.3 is 0 Å². The molecule has 0 atom stereocenters. The molecular formula is C48H38N4O8. The van der Waals surface area contributed by atoms with E-state index in [1.165, 1.54) is 48.0 Å². The molecule has 0 unspecified atom stereocenters. The summed E-state index contributed by atoms with van der Waals surface area (Å²) < 4.78 is 3.92. The van der Waals surface area contributed by atoms with Crippen LogP contribution < -0.4 is 44.5 Å². The van der Waals surface area contributed by atoms with Gasteiger partial charge in [0.15, 0.2) is 0 Å². The third-order valence-corrected chi connectivity index (χ3v) is 12.5. The second kappa shape index (κ2) is 12.8. The molecule has 0 N–H and O–H groups in total. The lowest BCUT2D eigenvalue weighted by atomic mass is 9.94. The van der Waals surface area contributed by atoms with Crippen LogP contribution >= 0.6 is 0 Å². The first-order chi connectivity index (χ1) is 28.3. The number of rotatable bonds is 5. The highest BCUT2D eigenvalue weighted by Gasteiger charge is 2.27. The second-order valence-corrected chi connectivity index (χ2v) is 16.3. The Labute approximate surface area is 339 Å². The van der Waals surface area contributed by atoms with Crippen LogP contribution in [-0.4, -0.2) is 18.3 Å². The molecule has 5 aromatic carbocycles. The van der Waals surface area contributed by atoms with Gasteiger partial charge in [0, 0.05) is 7.05 Å². The van der Waals surface area contributed by atoms with Crippen molar-refractivity contribution < 1.29 is 0 Å². The van der Waals surface area contributed by atoms with E-state index >= 15 is 0 Å². The molecule has 12 nitrogen and oxygen atoms in total. The van der Waals surface area contributed by atoms with Crippen LogP contribution in [0.4, 0.5) is 0 Å². The van der Waals surface area contributed by atoms with Gasteiger partial charge >= 0.3 is 0 Å². The van der Waals surface area contributed by atoms with Crippen molar-refractivity contribution in [1.82, 2.24) is 18.3 Å². The highest BCUT2D eigenvalue weighted by atomic mass is 16.2. The molecular weight excluding hydrogens is 761 g/mol. The number of fused-ring (bicyclic) bond motifs is 4. The van der Waals surface area contributed by atoms with Crippen LogP contribution in [0.25, 0.3) is 60.2 Å². The molecule has 0 radical (unpaired) electrons. The number of aromatic nitrogens is 4. The summed E-state index contributed by atoms with van der Waals surface area (Å²) in [6.45, 7) is 14.9. The smallest absolute Gasteiger partial charge is 0.266 e. The molecule has 9 rings (SSSR count). The first kappa shape index (κ1) is 38.2. The van der Waals surface area contributed by atoms with E-state index in [0.29, 0.717) is 23.2 Å². The number of hydrogen-bond donors (Lipinski definition) is 0. The van der Waals surface area contributed by atoms with Crippen molar-refractivity contribution in [1.29, 1.82) is 0 Å². The lowest BCUT2D eigenvalue weighted by Crippen LogP contribution is -2.29. The summed E-state index contributed by atoms with van der Waals surface area (Å²) in [7, 11) is 1.32. The summed E-state index contributed by atoms with van der Waals surface area (Å²) in [5, 5.41) is -0.213. The maximum atomic E-state index is 14.3. The van der Waals surface area contributed by atoms with Gasteiger partial charge in [-0.05, 0) is 142 Å². The van der Waals surface area contributed by atoms with Gasteiger partial charge in [-0.3, -0.25) is 42.9 Å². The highest BCUT2D eigenvalue weighted by Crippen LogP contribution is 2.29. The molecule has 0 amide bonds. The molecule has 0 bridgehead atoms. The topological polar surface area (TPSA) is 156 Å². The molecule has 60 heavy (non-hydrogen) atoms. The van der Waals surface area contributed by atoms with Crippen molar-refractivity contribution in [3.63, 3.8) is 0 Å². The fraction of sp³-hybridized carbons (Fsp3) is 0.208. The van der Waals surface area contributed by atoms with Gasteiger partial charge in [-0.15, -0.1) is 0 Å². The minimum atomic E-state index is -0.740. The molecule has 0 aliphatic rings. The third-order valence-electron chi connectivity index (χ3n) is 12.5. The van der Waals surface area contributed by atoms with Crippen molar-refractivity contribution in [3.8, 4) is 17.1 Å². The predicted molar refractivity (Wildman–Crippen MR) is 235 cm³/mol. The van der Waals surface area contributed by atoms with Crippen LogP contribution in [0, 0.1) is 55.4 Å². The van der Waals surface area contributed by atoms with Gasteiger partial charge in [-0.2, -0.15) is 0 Å². The van der Waals surface area contributed by atoms with Gasteiger partial charge in [0.2, 0.25) is 0 Å². The van der Waals surface area contributed by atoms with E-state index in [-0.39, 0.29) is 60.0 Å². The Kier molecular flexibility index (Phi) is 8.17. The molecule has 4 heterocycles. The molecule has 298 valence electrons. The van der Waals surface area contributed by atoms with Crippen LogP contribution in [0.1, 0.15) is 55.6 Å². The van der Waals surface area contributed by atoms with Crippen LogP contribution in [0.5, 0.6) is 0 Å². The summed E-state index contributed by atoms with van der Waals surface area (Å²) >= 11 is 0. The van der Waals surface area contributed by atoms with Crippen LogP contribution in [0.15, 0.2) is 93.0 Å². The Hall–Kier alpha value is -7.34. The fourth-order valence-corrected chi connectivity index (χ4v) is 9.49. The Bertz CT molecular complexity index is 3710. The maximum absolute atomic E-state index is 14.3. The minimum Gasteiger partial charge on any atom is -0.277 e. The highest BCUT2D eigenvalue weighted by molar-refractivity contribution is 5.99. The van der Waals surface area contributed by atoms with Crippen molar-refractivity contribution in [3.05, 3.63) is 193 Å². The number of nitrogens with zero attached hydrogens (tertiary/aromatic N) is 4. The van der Waals surface area contributed by atoms with Crippen LogP contribution in [0.3, 0.4) is 0 Å². The summed E-state index contributed by atoms with van der Waals surface area (Å²) in [6.07, 6.45) is 0.670. The molecule has 0 saturated heterocycles. The number of hydrogen-bond acceptors (Lipinski definition) is 8. The molecule has 0 saturated carbocycles. The molecule has 0 fully saturated rings. The molecule has 9 aromatic rings. The quantitative estimate of drug-likeness (QED) is 0.243. The Morgan fingerprint density at radius 1 is 0.317 bits per heavy atom. The predicted octanol–water partition coefficient (Wildman–Crippen LogP) is 4.70. The standard InChI is InChI=1S/C48H38N4O8/c1-20-11-28(12-21(2)26(20)7)15-29-13-24(5)38(25(6)14-29)50-43(55)34-18-36-37(19-35(34)44(50)56)48(60)52(47(36)59)40-23(4)10-22(3)39(27(40)8)51-45(57)32-16-30-31(17-33(32)46(51)58)42(54)49(9)41(30)53/h10-14,16-19H,15H2,1-9H3. The molecule has 0 aliphatic heterocycles. The van der Waals surface area contributed by atoms with Gasteiger partial charge in [-0.25, -0.2) is 13.7 Å². The van der Waals surface area contributed by atoms with E-state index in [4.69, 9.17) is 0 Å². The van der Waals surface area contributed by atoms with Crippen LogP contribution in [0.2, 0.25) is 0 Å². The first-order valence-corrected chi connectivity index (χ1v) is 19.4. The fourth-order valence-electron chi connectivity index (χ4n) is 9.49. The molecule has 4 aromatic heterocycles. The van der Waals surface area contributed by atoms with Gasteiger partial charge in [0.1, 0.15) is 0 Å². The van der Waals surface area contributed by atoms with E-state index in [1.54, 1.807) is 26.8 Å². The summed E-state index contributed by atoms with van der Waals surface area (Å²) in [5.41, 5.74) is 3.93. The lowest BCUT2D eigenvalue weighted by Gasteiger charge is -2.17. The first-order valence-electron chi connectivity index (χ1n) is 19.4. The van der Waals surface area contributed by atoms with E-state index < -0.39 is 44.5 Å². The second-order valence-electron chi connectivity index (χ2n) is 16.3. The zero-order chi connectivity index (χ0) is 43.1. The minimum absolute atomic E-state index is 0.00523. The van der Waals surface area contributed by atoms with E-state index in [9.17, 15) is 38.4 Å². The SMILES string of the molecule is Cc1cc(Cc2cc(C)c(-n3c(=O)c4cc5c(=O)n(-c6c(C)cc(C)c(-n7c(=O)c8cc9c(=O)n(C)c(=O)c9cc8c7=O)c6C)c(=O)c5cc4c3=O)c(C)c2)cc(C)c1C. The number of benzene rings is 5. The normalized spacial score (nSPS) is 12.0. The van der Waals surface area contributed by atoms with Gasteiger partial charge in [0.05, 0.1) is 60.2 Å². The maximum Gasteiger partial charge on any atom is 0.266 e. The van der Waals surface area contributed by atoms with Crippen molar-refractivity contribution in [2.24, 2.45) is 7.05 Å². The van der Waals surface area contributed by atoms with E-state index in [0.717, 1.165) is 40.5 Å². The average molecular weight is 799 g/mol. The summed E-state index contributed by atoms with van der Waals surface area (Å²) in [4.78, 5) is 110. The molecule has 12 heteroatoms. The third kappa shape index (κ3) is 5.09. The monoisotopic (exact) mass is 798 g/mol. The van der Waals surface area contributed by atoms with Gasteiger partial charge in [-0.1, -0.05) is 30.3 Å². The Balaban J connectivity index is 1.19.